The minimum Gasteiger partial charge on any atom is -0.422 e. The van der Waals surface area contributed by atoms with E-state index in [0.717, 1.165) is 11.8 Å². The topological polar surface area (TPSA) is 69.7 Å². The molecule has 0 N–H and O–H groups in total. The molecule has 1 heterocycles. The van der Waals surface area contributed by atoms with Crippen molar-refractivity contribution in [3.63, 3.8) is 0 Å². The normalized spacial score (nSPS) is 14.0. The van der Waals surface area contributed by atoms with Crippen molar-refractivity contribution in [2.75, 3.05) is 5.75 Å². The van der Waals surface area contributed by atoms with Crippen molar-refractivity contribution in [2.24, 2.45) is 0 Å². The molecule has 0 bridgehead atoms. The highest BCUT2D eigenvalue weighted by Gasteiger charge is 2.23. The Labute approximate surface area is 107 Å². The zero-order chi connectivity index (χ0) is 13.0. The van der Waals surface area contributed by atoms with Crippen LogP contribution in [-0.2, 0) is 19.1 Å². The maximum atomic E-state index is 11.4. The van der Waals surface area contributed by atoms with Gasteiger partial charge in [-0.25, -0.2) is 9.59 Å². The van der Waals surface area contributed by atoms with Crippen LogP contribution in [0, 0.1) is 0 Å². The second-order valence-corrected chi connectivity index (χ2v) is 4.29. The van der Waals surface area contributed by atoms with Crippen LogP contribution >= 0.6 is 11.8 Å². The molecule has 0 amide bonds. The van der Waals surface area contributed by atoms with Crippen LogP contribution in [0.5, 0.6) is 5.75 Å². The number of rotatable bonds is 2. The molecule has 1 aromatic rings. The lowest BCUT2D eigenvalue weighted by Gasteiger charge is -2.04. The Balaban J connectivity index is 1.92. The molecule has 1 aliphatic heterocycles. The molecule has 0 atom stereocenters. The van der Waals surface area contributed by atoms with Gasteiger partial charge in [-0.3, -0.25) is 4.79 Å². The predicted octanol–water partition coefficient (Wildman–Crippen LogP) is 1.29. The SMILES string of the molecule is O=C1C=C(OC(=O)C(=O)Oc2ccccc2)CS1. The highest BCUT2D eigenvalue weighted by molar-refractivity contribution is 8.14. The van der Waals surface area contributed by atoms with Crippen LogP contribution in [-0.4, -0.2) is 22.8 Å². The fourth-order valence-electron chi connectivity index (χ4n) is 1.21. The Morgan fingerprint density at radius 1 is 1.06 bits per heavy atom. The molecule has 0 spiro atoms. The summed E-state index contributed by atoms with van der Waals surface area (Å²) in [4.78, 5) is 33.6. The van der Waals surface area contributed by atoms with E-state index in [1.165, 1.54) is 6.08 Å². The van der Waals surface area contributed by atoms with Crippen molar-refractivity contribution < 1.29 is 23.9 Å². The number of hydrogen-bond acceptors (Lipinski definition) is 6. The first kappa shape index (κ1) is 12.4. The first-order valence-corrected chi connectivity index (χ1v) is 6.00. The third-order valence-corrected chi connectivity index (χ3v) is 2.81. The summed E-state index contributed by atoms with van der Waals surface area (Å²) in [6, 6.07) is 8.17. The maximum absolute atomic E-state index is 11.4. The summed E-state index contributed by atoms with van der Waals surface area (Å²) < 4.78 is 9.50. The van der Waals surface area contributed by atoms with Gasteiger partial charge in [0.25, 0.3) is 0 Å². The van der Waals surface area contributed by atoms with Gasteiger partial charge in [-0.2, -0.15) is 0 Å². The van der Waals surface area contributed by atoms with Crippen LogP contribution in [0.2, 0.25) is 0 Å². The molecule has 1 aromatic carbocycles. The summed E-state index contributed by atoms with van der Waals surface area (Å²) in [6.07, 6.45) is 1.18. The van der Waals surface area contributed by atoms with Gasteiger partial charge in [0.1, 0.15) is 11.5 Å². The van der Waals surface area contributed by atoms with E-state index in [0.29, 0.717) is 0 Å². The maximum Gasteiger partial charge on any atom is 0.423 e. The number of carbonyl (C=O) groups is 3. The Morgan fingerprint density at radius 3 is 2.33 bits per heavy atom. The summed E-state index contributed by atoms with van der Waals surface area (Å²) in [5, 5.41) is -0.200. The summed E-state index contributed by atoms with van der Waals surface area (Å²) in [5.41, 5.74) is 0. The van der Waals surface area contributed by atoms with E-state index >= 15 is 0 Å². The van der Waals surface area contributed by atoms with Crippen molar-refractivity contribution in [3.8, 4) is 5.75 Å². The van der Waals surface area contributed by atoms with Crippen molar-refractivity contribution in [1.82, 2.24) is 0 Å². The first-order valence-electron chi connectivity index (χ1n) is 5.01. The molecule has 0 unspecified atom stereocenters. The average molecular weight is 264 g/mol. The molecule has 0 fully saturated rings. The number of esters is 2. The van der Waals surface area contributed by atoms with Gasteiger partial charge < -0.3 is 9.47 Å². The highest BCUT2D eigenvalue weighted by Crippen LogP contribution is 2.20. The molecule has 0 saturated heterocycles. The predicted molar refractivity (Wildman–Crippen MR) is 63.7 cm³/mol. The number of thioether (sulfide) groups is 1. The molecule has 92 valence electrons. The number of benzene rings is 1. The number of ether oxygens (including phenoxy) is 2. The van der Waals surface area contributed by atoms with Crippen LogP contribution in [0.3, 0.4) is 0 Å². The summed E-state index contributed by atoms with van der Waals surface area (Å²) in [6.45, 7) is 0. The van der Waals surface area contributed by atoms with E-state index in [1.54, 1.807) is 30.3 Å². The van der Waals surface area contributed by atoms with Gasteiger partial charge in [-0.1, -0.05) is 30.0 Å². The number of carbonyl (C=O) groups excluding carboxylic acids is 3. The van der Waals surface area contributed by atoms with E-state index in [4.69, 9.17) is 9.47 Å². The Bertz CT molecular complexity index is 521. The van der Waals surface area contributed by atoms with Crippen LogP contribution < -0.4 is 4.74 Å². The zero-order valence-electron chi connectivity index (χ0n) is 9.12. The highest BCUT2D eigenvalue weighted by atomic mass is 32.2. The van der Waals surface area contributed by atoms with E-state index in [2.05, 4.69) is 0 Å². The largest absolute Gasteiger partial charge is 0.423 e. The van der Waals surface area contributed by atoms with E-state index in [1.807, 2.05) is 0 Å². The van der Waals surface area contributed by atoms with E-state index < -0.39 is 11.9 Å². The van der Waals surface area contributed by atoms with E-state index in [9.17, 15) is 14.4 Å². The van der Waals surface area contributed by atoms with Crippen LogP contribution in [0.15, 0.2) is 42.2 Å². The third-order valence-electron chi connectivity index (χ3n) is 1.98. The van der Waals surface area contributed by atoms with Crippen molar-refractivity contribution in [1.29, 1.82) is 0 Å². The van der Waals surface area contributed by atoms with Crippen LogP contribution in [0.4, 0.5) is 0 Å². The van der Waals surface area contributed by atoms with Gasteiger partial charge in [-0.15, -0.1) is 0 Å². The Kier molecular flexibility index (Phi) is 3.78. The molecule has 2 rings (SSSR count). The van der Waals surface area contributed by atoms with Gasteiger partial charge in [0.05, 0.1) is 5.75 Å². The smallest absolute Gasteiger partial charge is 0.422 e. The van der Waals surface area contributed by atoms with Crippen molar-refractivity contribution in [2.45, 2.75) is 0 Å². The molecule has 18 heavy (non-hydrogen) atoms. The lowest BCUT2D eigenvalue weighted by molar-refractivity contribution is -0.159. The summed E-state index contributed by atoms with van der Waals surface area (Å²) >= 11 is 1.00. The Hall–Kier alpha value is -2.08. The third kappa shape index (κ3) is 3.21. The van der Waals surface area contributed by atoms with Gasteiger partial charge in [-0.05, 0) is 12.1 Å². The van der Waals surface area contributed by atoms with Crippen molar-refractivity contribution >= 4 is 28.8 Å². The molecule has 0 saturated carbocycles. The van der Waals surface area contributed by atoms with Gasteiger partial charge in [0, 0.05) is 6.08 Å². The second-order valence-electron chi connectivity index (χ2n) is 3.31. The molecule has 6 heteroatoms. The van der Waals surface area contributed by atoms with Crippen LogP contribution in [0.1, 0.15) is 0 Å². The van der Waals surface area contributed by atoms with Gasteiger partial charge in [0.15, 0.2) is 0 Å². The van der Waals surface area contributed by atoms with E-state index in [-0.39, 0.29) is 22.4 Å². The molecule has 0 aliphatic carbocycles. The zero-order valence-corrected chi connectivity index (χ0v) is 9.94. The summed E-state index contributed by atoms with van der Waals surface area (Å²) in [5.74, 6) is -1.58. The lowest BCUT2D eigenvalue weighted by atomic mass is 10.3. The monoisotopic (exact) mass is 264 g/mol. The number of para-hydroxylation sites is 1. The number of hydrogen-bond donors (Lipinski definition) is 0. The van der Waals surface area contributed by atoms with Gasteiger partial charge >= 0.3 is 11.9 Å². The van der Waals surface area contributed by atoms with Crippen molar-refractivity contribution in [3.05, 3.63) is 42.2 Å². The lowest BCUT2D eigenvalue weighted by Crippen LogP contribution is -2.22. The molecule has 1 aliphatic rings. The minimum atomic E-state index is -1.14. The standard InChI is InChI=1S/C12H8O5S/c13-10-6-9(7-18-10)17-12(15)11(14)16-8-4-2-1-3-5-8/h1-6H,7H2. The first-order chi connectivity index (χ1) is 8.65. The quantitative estimate of drug-likeness (QED) is 0.455. The average Bonchev–Trinajstić information content (AvgIpc) is 2.76. The molecular weight excluding hydrogens is 256 g/mol. The second kappa shape index (κ2) is 5.50. The fraction of sp³-hybridized carbons (Fsp3) is 0.0833. The van der Waals surface area contributed by atoms with Gasteiger partial charge in [0.2, 0.25) is 5.12 Å². The fourth-order valence-corrected chi connectivity index (χ4v) is 1.86. The molecule has 0 aromatic heterocycles. The minimum absolute atomic E-state index is 0.167. The van der Waals surface area contributed by atoms with Crippen LogP contribution in [0.25, 0.3) is 0 Å². The molecule has 0 radical (unpaired) electrons. The Morgan fingerprint density at radius 2 is 1.72 bits per heavy atom. The molecular formula is C12H8O5S. The summed E-state index contributed by atoms with van der Waals surface area (Å²) in [7, 11) is 0. The molecule has 5 nitrogen and oxygen atoms in total.